The highest BCUT2D eigenvalue weighted by Crippen LogP contribution is 2.38. The van der Waals surface area contributed by atoms with Crippen LogP contribution in [0.3, 0.4) is 0 Å². The lowest BCUT2D eigenvalue weighted by Gasteiger charge is -2.27. The Morgan fingerprint density at radius 2 is 2.11 bits per heavy atom. The van der Waals surface area contributed by atoms with Crippen molar-refractivity contribution in [2.75, 3.05) is 20.2 Å². The van der Waals surface area contributed by atoms with E-state index in [4.69, 9.17) is 4.74 Å². The van der Waals surface area contributed by atoms with Crippen LogP contribution in [0.2, 0.25) is 0 Å². The topological polar surface area (TPSA) is 63.0 Å². The van der Waals surface area contributed by atoms with Crippen molar-refractivity contribution in [3.8, 4) is 5.75 Å². The number of nitrogens with zero attached hydrogens (tertiary/aromatic N) is 2. The van der Waals surface area contributed by atoms with Gasteiger partial charge in [-0.15, -0.1) is 10.2 Å². The largest absolute Gasteiger partial charge is 0.496 e. The van der Waals surface area contributed by atoms with Gasteiger partial charge < -0.3 is 10.1 Å². The third-order valence-electron chi connectivity index (χ3n) is 5.83. The molecule has 0 fully saturated rings. The second-order valence-electron chi connectivity index (χ2n) is 7.64. The first-order chi connectivity index (χ1) is 13.7. The highest BCUT2D eigenvalue weighted by Gasteiger charge is 2.22. The van der Waals surface area contributed by atoms with Crippen LogP contribution in [0.25, 0.3) is 0 Å². The first-order valence-electron chi connectivity index (χ1n) is 10.2. The number of hydrogen-bond donors (Lipinski definition) is 1. The standard InChI is InChI=1S/C23H27N3O2/c1-28-22-7-3-5-19-17(4-2-6-20(19)22)11-13-24-12-10-16-8-9-18-15-23(27)26-25-21(18)14-16/h3,5,7-9,14,17,24H,2,4,6,10-13,15H2,1H3. The Balaban J connectivity index is 1.27. The van der Waals surface area contributed by atoms with Crippen LogP contribution in [0.5, 0.6) is 5.75 Å². The van der Waals surface area contributed by atoms with Crippen molar-refractivity contribution in [1.82, 2.24) is 5.32 Å². The zero-order valence-electron chi connectivity index (χ0n) is 16.4. The molecule has 0 spiro atoms. The van der Waals surface area contributed by atoms with Gasteiger partial charge in [-0.05, 0) is 85.5 Å². The van der Waals surface area contributed by atoms with Gasteiger partial charge in [-0.3, -0.25) is 4.79 Å². The molecule has 1 heterocycles. The molecule has 28 heavy (non-hydrogen) atoms. The number of amides is 1. The molecule has 1 aliphatic carbocycles. The molecule has 1 unspecified atom stereocenters. The molecule has 0 saturated carbocycles. The van der Waals surface area contributed by atoms with Gasteiger partial charge in [0.1, 0.15) is 5.75 Å². The van der Waals surface area contributed by atoms with E-state index in [2.05, 4.69) is 45.9 Å². The summed E-state index contributed by atoms with van der Waals surface area (Å²) in [6.07, 6.45) is 6.10. The molecule has 0 radical (unpaired) electrons. The van der Waals surface area contributed by atoms with Gasteiger partial charge >= 0.3 is 0 Å². The molecule has 4 rings (SSSR count). The normalized spacial score (nSPS) is 17.9. The summed E-state index contributed by atoms with van der Waals surface area (Å²) in [6, 6.07) is 12.6. The maximum Gasteiger partial charge on any atom is 0.269 e. The van der Waals surface area contributed by atoms with Crippen molar-refractivity contribution in [2.24, 2.45) is 10.2 Å². The van der Waals surface area contributed by atoms with Gasteiger partial charge in [0.2, 0.25) is 0 Å². The molecule has 1 amide bonds. The molecule has 1 aliphatic heterocycles. The lowest BCUT2D eigenvalue weighted by molar-refractivity contribution is -0.117. The Kier molecular flexibility index (Phi) is 5.81. The molecule has 2 aromatic carbocycles. The number of ether oxygens (including phenoxy) is 1. The predicted molar refractivity (Wildman–Crippen MR) is 110 cm³/mol. The molecule has 2 aromatic rings. The van der Waals surface area contributed by atoms with Gasteiger partial charge in [0.05, 0.1) is 19.2 Å². The molecule has 1 N–H and O–H groups in total. The van der Waals surface area contributed by atoms with E-state index in [-0.39, 0.29) is 5.91 Å². The SMILES string of the molecule is COc1cccc2c1CCCC2CCNCCc1ccc2c(c1)N=NC(=O)C2. The summed E-state index contributed by atoms with van der Waals surface area (Å²) in [6.45, 7) is 1.95. The van der Waals surface area contributed by atoms with Crippen molar-refractivity contribution in [1.29, 1.82) is 0 Å². The van der Waals surface area contributed by atoms with Crippen LogP contribution in [0.4, 0.5) is 5.69 Å². The first kappa shape index (κ1) is 18.8. The van der Waals surface area contributed by atoms with E-state index in [1.165, 1.54) is 29.5 Å². The summed E-state index contributed by atoms with van der Waals surface area (Å²) in [4.78, 5) is 11.3. The van der Waals surface area contributed by atoms with Crippen LogP contribution < -0.4 is 10.1 Å². The Bertz CT molecular complexity index is 891. The summed E-state index contributed by atoms with van der Waals surface area (Å²) >= 11 is 0. The summed E-state index contributed by atoms with van der Waals surface area (Å²) in [5, 5.41) is 11.3. The number of azo groups is 1. The third-order valence-corrected chi connectivity index (χ3v) is 5.83. The minimum absolute atomic E-state index is 0.163. The van der Waals surface area contributed by atoms with Gasteiger partial charge in [0, 0.05) is 0 Å². The zero-order chi connectivity index (χ0) is 19.3. The molecule has 0 aromatic heterocycles. The molecule has 2 aliphatic rings. The van der Waals surface area contributed by atoms with Crippen LogP contribution in [0.1, 0.15) is 47.4 Å². The van der Waals surface area contributed by atoms with Crippen molar-refractivity contribution < 1.29 is 9.53 Å². The number of carbonyl (C=O) groups excluding carboxylic acids is 1. The highest BCUT2D eigenvalue weighted by molar-refractivity contribution is 5.82. The Labute approximate surface area is 166 Å². The number of hydrogen-bond acceptors (Lipinski definition) is 4. The average Bonchev–Trinajstić information content (AvgIpc) is 2.73. The fraction of sp³-hybridized carbons (Fsp3) is 0.435. The van der Waals surface area contributed by atoms with Gasteiger partial charge in [0.25, 0.3) is 5.91 Å². The second kappa shape index (κ2) is 8.65. The van der Waals surface area contributed by atoms with Gasteiger partial charge in [-0.2, -0.15) is 0 Å². The molecule has 0 bridgehead atoms. The second-order valence-corrected chi connectivity index (χ2v) is 7.64. The number of benzene rings is 2. The van der Waals surface area contributed by atoms with E-state index in [0.717, 1.165) is 49.4 Å². The fourth-order valence-electron chi connectivity index (χ4n) is 4.35. The molecule has 5 nitrogen and oxygen atoms in total. The first-order valence-corrected chi connectivity index (χ1v) is 10.2. The van der Waals surface area contributed by atoms with E-state index in [9.17, 15) is 4.79 Å². The Hall–Kier alpha value is -2.53. The van der Waals surface area contributed by atoms with Crippen LogP contribution in [0.15, 0.2) is 46.6 Å². The number of methoxy groups -OCH3 is 1. The summed E-state index contributed by atoms with van der Waals surface area (Å²) in [5.41, 5.74) is 5.92. The molecule has 5 heteroatoms. The number of carbonyl (C=O) groups is 1. The van der Waals surface area contributed by atoms with Crippen LogP contribution in [0, 0.1) is 0 Å². The lowest BCUT2D eigenvalue weighted by atomic mass is 9.80. The molecule has 146 valence electrons. The summed E-state index contributed by atoms with van der Waals surface area (Å²) < 4.78 is 5.55. The van der Waals surface area contributed by atoms with E-state index in [1.807, 2.05) is 6.07 Å². The van der Waals surface area contributed by atoms with E-state index < -0.39 is 0 Å². The molecular formula is C23H27N3O2. The number of rotatable bonds is 7. The summed E-state index contributed by atoms with van der Waals surface area (Å²) in [7, 11) is 1.76. The van der Waals surface area contributed by atoms with Crippen molar-refractivity contribution in [2.45, 2.75) is 44.4 Å². The van der Waals surface area contributed by atoms with Gasteiger partial charge in [-0.25, -0.2) is 0 Å². The van der Waals surface area contributed by atoms with E-state index in [1.54, 1.807) is 7.11 Å². The number of fused-ring (bicyclic) bond motifs is 2. The third kappa shape index (κ3) is 4.14. The lowest BCUT2D eigenvalue weighted by Crippen LogP contribution is -2.22. The zero-order valence-corrected chi connectivity index (χ0v) is 16.4. The highest BCUT2D eigenvalue weighted by atomic mass is 16.5. The summed E-state index contributed by atoms with van der Waals surface area (Å²) in [5.74, 6) is 1.50. The molecular weight excluding hydrogens is 350 g/mol. The smallest absolute Gasteiger partial charge is 0.269 e. The van der Waals surface area contributed by atoms with Crippen molar-refractivity contribution >= 4 is 11.6 Å². The minimum atomic E-state index is -0.163. The van der Waals surface area contributed by atoms with E-state index >= 15 is 0 Å². The number of nitrogens with one attached hydrogen (secondary N) is 1. The average molecular weight is 377 g/mol. The molecule has 1 atom stereocenters. The Morgan fingerprint density at radius 3 is 3.00 bits per heavy atom. The maximum atomic E-state index is 11.3. The monoisotopic (exact) mass is 377 g/mol. The van der Waals surface area contributed by atoms with Gasteiger partial charge in [-0.1, -0.05) is 24.3 Å². The van der Waals surface area contributed by atoms with Gasteiger partial charge in [0.15, 0.2) is 0 Å². The Morgan fingerprint density at radius 1 is 1.18 bits per heavy atom. The van der Waals surface area contributed by atoms with E-state index in [0.29, 0.717) is 12.3 Å². The van der Waals surface area contributed by atoms with Crippen LogP contribution >= 0.6 is 0 Å². The minimum Gasteiger partial charge on any atom is -0.496 e. The maximum absolute atomic E-state index is 11.3. The predicted octanol–water partition coefficient (Wildman–Crippen LogP) is 4.50. The quantitative estimate of drug-likeness (QED) is 0.723. The van der Waals surface area contributed by atoms with Crippen LogP contribution in [-0.4, -0.2) is 26.1 Å². The fourth-order valence-corrected chi connectivity index (χ4v) is 4.35. The molecule has 0 saturated heterocycles. The van der Waals surface area contributed by atoms with Crippen molar-refractivity contribution in [3.63, 3.8) is 0 Å². The van der Waals surface area contributed by atoms with Crippen molar-refractivity contribution in [3.05, 3.63) is 58.7 Å². The van der Waals surface area contributed by atoms with Crippen LogP contribution in [-0.2, 0) is 24.1 Å².